The summed E-state index contributed by atoms with van der Waals surface area (Å²) in [5.41, 5.74) is 0. The van der Waals surface area contributed by atoms with E-state index in [0.29, 0.717) is 9.21 Å². The van der Waals surface area contributed by atoms with Gasteiger partial charge in [-0.1, -0.05) is 0 Å². The van der Waals surface area contributed by atoms with Crippen LogP contribution in [-0.2, 0) is 6.42 Å². The van der Waals surface area contributed by atoms with Crippen molar-refractivity contribution >= 4 is 31.9 Å². The summed E-state index contributed by atoms with van der Waals surface area (Å²) in [7, 11) is 0. The molecular formula is C6H3Br2F3N2. The van der Waals surface area contributed by atoms with Gasteiger partial charge in [0.05, 0.1) is 0 Å². The van der Waals surface area contributed by atoms with Gasteiger partial charge in [-0.15, -0.1) is 0 Å². The van der Waals surface area contributed by atoms with Crippen LogP contribution in [0.1, 0.15) is 5.82 Å². The van der Waals surface area contributed by atoms with E-state index in [2.05, 4.69) is 41.8 Å². The van der Waals surface area contributed by atoms with E-state index < -0.39 is 12.6 Å². The van der Waals surface area contributed by atoms with E-state index >= 15 is 0 Å². The molecule has 0 fully saturated rings. The number of rotatable bonds is 1. The van der Waals surface area contributed by atoms with Crippen molar-refractivity contribution in [1.29, 1.82) is 0 Å². The van der Waals surface area contributed by atoms with E-state index in [0.717, 1.165) is 0 Å². The lowest BCUT2D eigenvalue weighted by atomic mass is 10.4. The second kappa shape index (κ2) is 3.91. The zero-order valence-corrected chi connectivity index (χ0v) is 9.24. The molecule has 0 saturated heterocycles. The van der Waals surface area contributed by atoms with Crippen LogP contribution in [0.5, 0.6) is 0 Å². The van der Waals surface area contributed by atoms with Crippen molar-refractivity contribution in [1.82, 2.24) is 9.97 Å². The van der Waals surface area contributed by atoms with Gasteiger partial charge in [-0.25, -0.2) is 9.97 Å². The maximum Gasteiger partial charge on any atom is 0.396 e. The highest BCUT2D eigenvalue weighted by Crippen LogP contribution is 2.21. The molecule has 0 saturated carbocycles. The van der Waals surface area contributed by atoms with Crippen LogP contribution in [0.15, 0.2) is 15.3 Å². The Kier molecular flexibility index (Phi) is 3.28. The minimum absolute atomic E-state index is 0.256. The standard InChI is InChI=1S/C6H3Br2F3N2/c7-3-1-4(8)13-5(12-3)2-6(9,10)11/h1H,2H2. The molecule has 1 aromatic heterocycles. The van der Waals surface area contributed by atoms with Crippen molar-refractivity contribution in [2.75, 3.05) is 0 Å². The highest BCUT2D eigenvalue weighted by molar-refractivity contribution is 9.11. The van der Waals surface area contributed by atoms with Gasteiger partial charge in [-0.05, 0) is 31.9 Å². The van der Waals surface area contributed by atoms with Crippen molar-refractivity contribution in [3.8, 4) is 0 Å². The number of nitrogens with zero attached hydrogens (tertiary/aromatic N) is 2. The van der Waals surface area contributed by atoms with E-state index in [-0.39, 0.29) is 5.82 Å². The first kappa shape index (κ1) is 10.9. The van der Waals surface area contributed by atoms with Crippen molar-refractivity contribution < 1.29 is 13.2 Å². The number of hydrogen-bond donors (Lipinski definition) is 0. The highest BCUT2D eigenvalue weighted by atomic mass is 79.9. The number of aromatic nitrogens is 2. The molecule has 0 aliphatic rings. The lowest BCUT2D eigenvalue weighted by Crippen LogP contribution is -2.14. The Morgan fingerprint density at radius 3 is 2.00 bits per heavy atom. The molecule has 0 aliphatic heterocycles. The summed E-state index contributed by atoms with van der Waals surface area (Å²) in [5, 5.41) is 0. The average Bonchev–Trinajstić information content (AvgIpc) is 1.78. The third-order valence-electron chi connectivity index (χ3n) is 1.07. The molecule has 0 N–H and O–H groups in total. The Morgan fingerprint density at radius 2 is 1.62 bits per heavy atom. The molecule has 1 heterocycles. The zero-order chi connectivity index (χ0) is 10.1. The van der Waals surface area contributed by atoms with Crippen molar-refractivity contribution in [3.63, 3.8) is 0 Å². The van der Waals surface area contributed by atoms with E-state index in [1.807, 2.05) is 0 Å². The topological polar surface area (TPSA) is 25.8 Å². The Bertz CT molecular complexity index is 293. The molecule has 0 aromatic carbocycles. The normalized spacial score (nSPS) is 11.8. The average molecular weight is 320 g/mol. The summed E-state index contributed by atoms with van der Waals surface area (Å²) in [6.45, 7) is 0. The fraction of sp³-hybridized carbons (Fsp3) is 0.333. The van der Waals surface area contributed by atoms with Gasteiger partial charge in [0.25, 0.3) is 0 Å². The van der Waals surface area contributed by atoms with Crippen LogP contribution < -0.4 is 0 Å². The lowest BCUT2D eigenvalue weighted by Gasteiger charge is -2.04. The van der Waals surface area contributed by atoms with Gasteiger partial charge >= 0.3 is 6.18 Å². The molecule has 0 unspecified atom stereocenters. The summed E-state index contributed by atoms with van der Waals surface area (Å²) < 4.78 is 36.3. The largest absolute Gasteiger partial charge is 0.396 e. The smallest absolute Gasteiger partial charge is 0.226 e. The number of alkyl halides is 3. The third-order valence-corrected chi connectivity index (χ3v) is 1.88. The molecule has 2 nitrogen and oxygen atoms in total. The van der Waals surface area contributed by atoms with Gasteiger partial charge in [0.15, 0.2) is 0 Å². The molecule has 0 spiro atoms. The summed E-state index contributed by atoms with van der Waals surface area (Å²) >= 11 is 5.94. The first-order valence-electron chi connectivity index (χ1n) is 3.12. The van der Waals surface area contributed by atoms with Gasteiger partial charge in [0.1, 0.15) is 21.5 Å². The first-order valence-corrected chi connectivity index (χ1v) is 4.71. The van der Waals surface area contributed by atoms with E-state index in [1.165, 1.54) is 6.07 Å². The Balaban J connectivity index is 2.90. The fourth-order valence-corrected chi connectivity index (χ4v) is 1.84. The molecule has 0 amide bonds. The molecule has 72 valence electrons. The van der Waals surface area contributed by atoms with Gasteiger partial charge < -0.3 is 0 Å². The quantitative estimate of drug-likeness (QED) is 0.743. The van der Waals surface area contributed by atoms with Crippen molar-refractivity contribution in [3.05, 3.63) is 21.1 Å². The number of halogens is 5. The summed E-state index contributed by atoms with van der Waals surface area (Å²) in [4.78, 5) is 7.15. The van der Waals surface area contributed by atoms with Crippen LogP contribution in [0, 0.1) is 0 Å². The third kappa shape index (κ3) is 4.04. The molecule has 0 atom stereocenters. The van der Waals surface area contributed by atoms with Crippen LogP contribution in [-0.4, -0.2) is 16.1 Å². The van der Waals surface area contributed by atoms with Gasteiger partial charge in [0.2, 0.25) is 0 Å². The van der Waals surface area contributed by atoms with E-state index in [9.17, 15) is 13.2 Å². The Hall–Kier alpha value is -0.170. The van der Waals surface area contributed by atoms with Crippen LogP contribution in [0.25, 0.3) is 0 Å². The van der Waals surface area contributed by atoms with E-state index in [4.69, 9.17) is 0 Å². The summed E-state index contributed by atoms with van der Waals surface area (Å²) in [6.07, 6.45) is -5.40. The van der Waals surface area contributed by atoms with Crippen molar-refractivity contribution in [2.45, 2.75) is 12.6 Å². The molecule has 0 aliphatic carbocycles. The highest BCUT2D eigenvalue weighted by Gasteiger charge is 2.29. The summed E-state index contributed by atoms with van der Waals surface area (Å²) in [6, 6.07) is 1.47. The first-order chi connectivity index (χ1) is 5.87. The molecule has 0 radical (unpaired) electrons. The molecule has 0 bridgehead atoms. The Morgan fingerprint density at radius 1 is 1.15 bits per heavy atom. The van der Waals surface area contributed by atoms with Gasteiger partial charge in [-0.3, -0.25) is 0 Å². The minimum Gasteiger partial charge on any atom is -0.226 e. The monoisotopic (exact) mass is 318 g/mol. The zero-order valence-electron chi connectivity index (χ0n) is 6.07. The molecule has 1 rings (SSSR count). The van der Waals surface area contributed by atoms with Crippen molar-refractivity contribution in [2.24, 2.45) is 0 Å². The van der Waals surface area contributed by atoms with Crippen LogP contribution in [0.4, 0.5) is 13.2 Å². The molecular weight excluding hydrogens is 317 g/mol. The van der Waals surface area contributed by atoms with E-state index in [1.54, 1.807) is 0 Å². The fourth-order valence-electron chi connectivity index (χ4n) is 0.693. The SMILES string of the molecule is FC(F)(F)Cc1nc(Br)cc(Br)n1. The van der Waals surface area contributed by atoms with Crippen LogP contribution in [0.3, 0.4) is 0 Å². The van der Waals surface area contributed by atoms with Crippen LogP contribution in [0.2, 0.25) is 0 Å². The maximum absolute atomic E-state index is 11.9. The predicted molar refractivity (Wildman–Crippen MR) is 47.2 cm³/mol. The molecule has 13 heavy (non-hydrogen) atoms. The molecule has 1 aromatic rings. The second-order valence-corrected chi connectivity index (χ2v) is 3.85. The van der Waals surface area contributed by atoms with Gasteiger partial charge in [0, 0.05) is 6.07 Å². The Labute approximate surface area is 88.8 Å². The maximum atomic E-state index is 11.9. The summed E-state index contributed by atoms with van der Waals surface area (Å²) in [5.74, 6) is -0.256. The minimum atomic E-state index is -4.28. The van der Waals surface area contributed by atoms with Gasteiger partial charge in [-0.2, -0.15) is 13.2 Å². The number of hydrogen-bond acceptors (Lipinski definition) is 2. The second-order valence-electron chi connectivity index (χ2n) is 2.22. The molecule has 7 heteroatoms. The lowest BCUT2D eigenvalue weighted by molar-refractivity contribution is -0.128. The van der Waals surface area contributed by atoms with Crippen LogP contribution >= 0.6 is 31.9 Å². The predicted octanol–water partition coefficient (Wildman–Crippen LogP) is 3.11.